The molecule has 1 rings (SSSR count). The van der Waals surface area contributed by atoms with E-state index >= 15 is 0 Å². The van der Waals surface area contributed by atoms with Gasteiger partial charge in [0.25, 0.3) is 0 Å². The zero-order valence-electron chi connectivity index (χ0n) is 4.64. The third kappa shape index (κ3) is 1.50. The van der Waals surface area contributed by atoms with Gasteiger partial charge in [0.2, 0.25) is 5.91 Å². The van der Waals surface area contributed by atoms with E-state index in [9.17, 15) is 4.79 Å². The van der Waals surface area contributed by atoms with Gasteiger partial charge in [-0.1, -0.05) is 0 Å². The van der Waals surface area contributed by atoms with Crippen LogP contribution in [0, 0.1) is 0 Å². The molecule has 1 aliphatic heterocycles. The summed E-state index contributed by atoms with van der Waals surface area (Å²) in [5.74, 6) is 0.00231. The highest BCUT2D eigenvalue weighted by molar-refractivity contribution is 5.74. The molecule has 0 spiro atoms. The van der Waals surface area contributed by atoms with E-state index in [-0.39, 0.29) is 5.91 Å². The van der Waals surface area contributed by atoms with Crippen molar-refractivity contribution in [2.24, 2.45) is 0 Å². The van der Waals surface area contributed by atoms with Gasteiger partial charge >= 0.3 is 0 Å². The monoisotopic (exact) mass is 115 g/mol. The first-order chi connectivity index (χ1) is 3.89. The molecular formula is C5H9NO2. The van der Waals surface area contributed by atoms with Crippen LogP contribution in [-0.2, 0) is 9.63 Å². The second-order valence-electron chi connectivity index (χ2n) is 1.83. The molecule has 1 heterocycles. The number of nitrogens with one attached hydrogen (secondary N) is 1. The van der Waals surface area contributed by atoms with E-state index in [1.54, 1.807) is 0 Å². The highest BCUT2D eigenvalue weighted by Crippen LogP contribution is 1.98. The fourth-order valence-corrected chi connectivity index (χ4v) is 0.642. The largest absolute Gasteiger partial charge is 0.274 e. The summed E-state index contributed by atoms with van der Waals surface area (Å²) in [5, 5.41) is 0. The summed E-state index contributed by atoms with van der Waals surface area (Å²) in [6.45, 7) is 0.658. The molecule has 0 saturated carbocycles. The molecule has 1 amide bonds. The van der Waals surface area contributed by atoms with Gasteiger partial charge in [0, 0.05) is 6.42 Å². The average molecular weight is 115 g/mol. The van der Waals surface area contributed by atoms with Crippen molar-refractivity contribution in [2.75, 3.05) is 6.61 Å². The third-order valence-electron chi connectivity index (χ3n) is 1.09. The Hall–Kier alpha value is -0.570. The van der Waals surface area contributed by atoms with Crippen molar-refractivity contribution in [1.29, 1.82) is 0 Å². The lowest BCUT2D eigenvalue weighted by Crippen LogP contribution is -2.20. The maximum Gasteiger partial charge on any atom is 0.243 e. The number of amides is 1. The van der Waals surface area contributed by atoms with Crippen LogP contribution in [-0.4, -0.2) is 12.5 Å². The zero-order valence-corrected chi connectivity index (χ0v) is 4.64. The van der Waals surface area contributed by atoms with E-state index in [0.29, 0.717) is 13.0 Å². The van der Waals surface area contributed by atoms with E-state index < -0.39 is 0 Å². The van der Waals surface area contributed by atoms with Crippen molar-refractivity contribution in [1.82, 2.24) is 5.48 Å². The molecule has 0 aliphatic carbocycles. The predicted molar refractivity (Wildman–Crippen MR) is 27.9 cm³/mol. The number of carbonyl (C=O) groups excluding carboxylic acids is 1. The van der Waals surface area contributed by atoms with Crippen LogP contribution in [0.1, 0.15) is 19.3 Å². The van der Waals surface area contributed by atoms with Gasteiger partial charge in [-0.05, 0) is 12.8 Å². The van der Waals surface area contributed by atoms with Gasteiger partial charge in [-0.2, -0.15) is 0 Å². The lowest BCUT2D eigenvalue weighted by molar-refractivity contribution is -0.131. The molecule has 0 radical (unpaired) electrons. The molecule has 0 aromatic carbocycles. The fourth-order valence-electron chi connectivity index (χ4n) is 0.642. The van der Waals surface area contributed by atoms with Gasteiger partial charge in [0.05, 0.1) is 6.61 Å². The van der Waals surface area contributed by atoms with Gasteiger partial charge in [-0.15, -0.1) is 0 Å². The SMILES string of the molecule is O=C1CCCCON1. The number of hydrogen-bond acceptors (Lipinski definition) is 2. The predicted octanol–water partition coefficient (Wildman–Crippen LogP) is 0.218. The van der Waals surface area contributed by atoms with E-state index in [1.807, 2.05) is 0 Å². The highest BCUT2D eigenvalue weighted by Gasteiger charge is 2.04. The van der Waals surface area contributed by atoms with Crippen LogP contribution >= 0.6 is 0 Å². The van der Waals surface area contributed by atoms with Crippen molar-refractivity contribution < 1.29 is 9.63 Å². The van der Waals surface area contributed by atoms with Crippen molar-refractivity contribution in [3.63, 3.8) is 0 Å². The molecule has 3 heteroatoms. The molecule has 1 N–H and O–H groups in total. The topological polar surface area (TPSA) is 38.3 Å². The minimum Gasteiger partial charge on any atom is -0.274 e. The minimum absolute atomic E-state index is 0.00231. The number of carbonyl (C=O) groups is 1. The van der Waals surface area contributed by atoms with Crippen molar-refractivity contribution in [3.8, 4) is 0 Å². The second-order valence-corrected chi connectivity index (χ2v) is 1.83. The Bertz CT molecular complexity index is 82.4. The van der Waals surface area contributed by atoms with Crippen molar-refractivity contribution in [3.05, 3.63) is 0 Å². The van der Waals surface area contributed by atoms with Crippen LogP contribution in [0.15, 0.2) is 0 Å². The Kier molecular flexibility index (Phi) is 1.86. The second kappa shape index (κ2) is 2.67. The normalized spacial score (nSPS) is 21.8. The van der Waals surface area contributed by atoms with E-state index in [4.69, 9.17) is 4.84 Å². The van der Waals surface area contributed by atoms with Gasteiger partial charge in [-0.3, -0.25) is 9.63 Å². The van der Waals surface area contributed by atoms with Crippen LogP contribution in [0.5, 0.6) is 0 Å². The summed E-state index contributed by atoms with van der Waals surface area (Å²) >= 11 is 0. The Morgan fingerprint density at radius 2 is 2.38 bits per heavy atom. The van der Waals surface area contributed by atoms with E-state index in [0.717, 1.165) is 12.8 Å². The van der Waals surface area contributed by atoms with Crippen LogP contribution in [0.25, 0.3) is 0 Å². The summed E-state index contributed by atoms with van der Waals surface area (Å²) in [6.07, 6.45) is 2.55. The van der Waals surface area contributed by atoms with E-state index in [1.165, 1.54) is 0 Å². The first-order valence-corrected chi connectivity index (χ1v) is 2.80. The van der Waals surface area contributed by atoms with Crippen molar-refractivity contribution in [2.45, 2.75) is 19.3 Å². The Labute approximate surface area is 48.0 Å². The van der Waals surface area contributed by atoms with Crippen LogP contribution in [0.3, 0.4) is 0 Å². The molecule has 1 saturated heterocycles. The first kappa shape index (κ1) is 5.56. The average Bonchev–Trinajstić information content (AvgIpc) is 1.94. The molecule has 1 aliphatic rings. The summed E-state index contributed by atoms with van der Waals surface area (Å²) in [5.41, 5.74) is 2.31. The Morgan fingerprint density at radius 3 is 3.25 bits per heavy atom. The molecule has 0 aromatic rings. The summed E-state index contributed by atoms with van der Waals surface area (Å²) in [6, 6.07) is 0. The van der Waals surface area contributed by atoms with Crippen LogP contribution < -0.4 is 5.48 Å². The Morgan fingerprint density at radius 1 is 1.50 bits per heavy atom. The smallest absolute Gasteiger partial charge is 0.243 e. The molecule has 8 heavy (non-hydrogen) atoms. The molecule has 0 unspecified atom stereocenters. The summed E-state index contributed by atoms with van der Waals surface area (Å²) in [4.78, 5) is 15.2. The molecule has 46 valence electrons. The lowest BCUT2D eigenvalue weighted by atomic mass is 10.2. The fraction of sp³-hybridized carbons (Fsp3) is 0.800. The summed E-state index contributed by atoms with van der Waals surface area (Å²) < 4.78 is 0. The number of hydrogen-bond donors (Lipinski definition) is 1. The minimum atomic E-state index is 0.00231. The molecular weight excluding hydrogens is 106 g/mol. The quantitative estimate of drug-likeness (QED) is 0.490. The van der Waals surface area contributed by atoms with Crippen LogP contribution in [0.2, 0.25) is 0 Å². The standard InChI is InChI=1S/C5H9NO2/c7-5-3-1-2-4-8-6-5/h1-4H2,(H,6,7). The van der Waals surface area contributed by atoms with Gasteiger partial charge < -0.3 is 0 Å². The maximum atomic E-state index is 10.4. The molecule has 0 atom stereocenters. The summed E-state index contributed by atoms with van der Waals surface area (Å²) in [7, 11) is 0. The number of rotatable bonds is 0. The van der Waals surface area contributed by atoms with Crippen LogP contribution in [0.4, 0.5) is 0 Å². The zero-order chi connectivity index (χ0) is 5.82. The van der Waals surface area contributed by atoms with Gasteiger partial charge in [0.1, 0.15) is 0 Å². The molecule has 0 bridgehead atoms. The first-order valence-electron chi connectivity index (χ1n) is 2.80. The molecule has 0 aromatic heterocycles. The number of hydroxylamine groups is 1. The lowest BCUT2D eigenvalue weighted by Gasteiger charge is -1.95. The van der Waals surface area contributed by atoms with Gasteiger partial charge in [0.15, 0.2) is 0 Å². The van der Waals surface area contributed by atoms with E-state index in [2.05, 4.69) is 5.48 Å². The maximum absolute atomic E-state index is 10.4. The van der Waals surface area contributed by atoms with Crippen molar-refractivity contribution >= 4 is 5.91 Å². The Balaban J connectivity index is 2.27. The van der Waals surface area contributed by atoms with Gasteiger partial charge in [-0.25, -0.2) is 5.48 Å². The molecule has 1 fully saturated rings. The molecule has 3 nitrogen and oxygen atoms in total. The highest BCUT2D eigenvalue weighted by atomic mass is 16.6. The third-order valence-corrected chi connectivity index (χ3v) is 1.09.